The van der Waals surface area contributed by atoms with Crippen LogP contribution in [0.2, 0.25) is 5.02 Å². The summed E-state index contributed by atoms with van der Waals surface area (Å²) >= 11 is 6.05. The Bertz CT molecular complexity index is 941. The van der Waals surface area contributed by atoms with Gasteiger partial charge in [0, 0.05) is 10.6 Å². The van der Waals surface area contributed by atoms with E-state index in [-0.39, 0.29) is 6.10 Å². The zero-order valence-electron chi connectivity index (χ0n) is 15.9. The molecule has 6 heteroatoms. The van der Waals surface area contributed by atoms with Crippen LogP contribution >= 0.6 is 11.6 Å². The zero-order chi connectivity index (χ0) is 20.9. The van der Waals surface area contributed by atoms with E-state index in [1.807, 2.05) is 24.3 Å². The molecular weight excluding hydrogens is 399 g/mol. The first-order valence-corrected chi connectivity index (χ1v) is 9.81. The van der Waals surface area contributed by atoms with E-state index in [2.05, 4.69) is 11.9 Å². The summed E-state index contributed by atoms with van der Waals surface area (Å²) in [6.07, 6.45) is -1.90. The molecule has 152 valence electrons. The van der Waals surface area contributed by atoms with Gasteiger partial charge in [-0.15, -0.1) is 0 Å². The van der Waals surface area contributed by atoms with Crippen molar-refractivity contribution in [2.75, 3.05) is 0 Å². The van der Waals surface area contributed by atoms with Crippen LogP contribution in [0.5, 0.6) is 5.75 Å². The molecular formula is C23H21ClF3NO. The molecule has 1 heterocycles. The molecule has 0 aliphatic rings. The molecule has 0 saturated heterocycles. The molecule has 2 aromatic carbocycles. The lowest BCUT2D eigenvalue weighted by molar-refractivity contribution is -0.137. The number of rotatable bonds is 7. The van der Waals surface area contributed by atoms with Gasteiger partial charge in [-0.25, -0.2) is 4.98 Å². The molecule has 1 aromatic heterocycles. The van der Waals surface area contributed by atoms with E-state index >= 15 is 0 Å². The van der Waals surface area contributed by atoms with Crippen molar-refractivity contribution in [1.82, 2.24) is 4.98 Å². The first-order chi connectivity index (χ1) is 13.9. The van der Waals surface area contributed by atoms with Crippen molar-refractivity contribution >= 4 is 11.6 Å². The summed E-state index contributed by atoms with van der Waals surface area (Å²) in [5, 5.41) is 0.586. The third-order valence-electron chi connectivity index (χ3n) is 4.50. The van der Waals surface area contributed by atoms with Gasteiger partial charge in [-0.05, 0) is 55.3 Å². The maximum atomic E-state index is 12.8. The standard InChI is InChI=1S/C23H21ClF3NO/c1-2-3-10-22(29-19-7-4-6-18(24)15-19)21-9-5-8-20(28-21)16-11-13-17(14-12-16)23(25,26)27/h4-9,11-15,22H,2-3,10H2,1H3/t22-/m1/s1. The topological polar surface area (TPSA) is 22.1 Å². The van der Waals surface area contributed by atoms with Gasteiger partial charge in [-0.1, -0.05) is 49.2 Å². The third-order valence-corrected chi connectivity index (χ3v) is 4.74. The molecule has 0 amide bonds. The molecule has 0 saturated carbocycles. The molecule has 2 nitrogen and oxygen atoms in total. The van der Waals surface area contributed by atoms with Crippen molar-refractivity contribution in [2.24, 2.45) is 0 Å². The van der Waals surface area contributed by atoms with Gasteiger partial charge >= 0.3 is 6.18 Å². The highest BCUT2D eigenvalue weighted by Gasteiger charge is 2.30. The van der Waals surface area contributed by atoms with Crippen molar-refractivity contribution in [1.29, 1.82) is 0 Å². The second kappa shape index (κ2) is 9.31. The van der Waals surface area contributed by atoms with Gasteiger partial charge in [0.05, 0.1) is 17.0 Å². The summed E-state index contributed by atoms with van der Waals surface area (Å²) in [6, 6.07) is 17.7. The number of benzene rings is 2. The molecule has 0 fully saturated rings. The molecule has 0 aliphatic heterocycles. The number of alkyl halides is 3. The molecule has 0 aliphatic carbocycles. The third kappa shape index (κ3) is 5.73. The minimum Gasteiger partial charge on any atom is -0.484 e. The van der Waals surface area contributed by atoms with Crippen LogP contribution in [-0.2, 0) is 6.18 Å². The van der Waals surface area contributed by atoms with Crippen LogP contribution in [0.3, 0.4) is 0 Å². The van der Waals surface area contributed by atoms with Crippen LogP contribution in [0.4, 0.5) is 13.2 Å². The summed E-state index contributed by atoms with van der Waals surface area (Å²) < 4.78 is 44.6. The van der Waals surface area contributed by atoms with E-state index in [0.29, 0.717) is 22.0 Å². The average Bonchev–Trinajstić information content (AvgIpc) is 2.71. The number of hydrogen-bond donors (Lipinski definition) is 0. The van der Waals surface area contributed by atoms with E-state index in [1.54, 1.807) is 18.2 Å². The van der Waals surface area contributed by atoms with E-state index in [0.717, 1.165) is 37.1 Å². The van der Waals surface area contributed by atoms with Crippen LogP contribution in [0.15, 0.2) is 66.7 Å². The Balaban J connectivity index is 1.87. The van der Waals surface area contributed by atoms with Crippen LogP contribution in [0.25, 0.3) is 11.3 Å². The van der Waals surface area contributed by atoms with Crippen LogP contribution in [-0.4, -0.2) is 4.98 Å². The van der Waals surface area contributed by atoms with Crippen LogP contribution in [0.1, 0.15) is 43.5 Å². The van der Waals surface area contributed by atoms with Gasteiger partial charge in [0.1, 0.15) is 11.9 Å². The monoisotopic (exact) mass is 419 g/mol. The van der Waals surface area contributed by atoms with Gasteiger partial charge in [-0.3, -0.25) is 0 Å². The average molecular weight is 420 g/mol. The van der Waals surface area contributed by atoms with Gasteiger partial charge in [0.15, 0.2) is 0 Å². The maximum absolute atomic E-state index is 12.8. The Morgan fingerprint density at radius 3 is 2.38 bits per heavy atom. The van der Waals surface area contributed by atoms with Crippen LogP contribution in [0, 0.1) is 0 Å². The Hall–Kier alpha value is -2.53. The number of pyridine rings is 1. The highest BCUT2D eigenvalue weighted by Crippen LogP contribution is 2.32. The number of aromatic nitrogens is 1. The van der Waals surface area contributed by atoms with Gasteiger partial charge in [-0.2, -0.15) is 13.2 Å². The fraction of sp³-hybridized carbons (Fsp3) is 0.261. The quantitative estimate of drug-likeness (QED) is 0.391. The molecule has 0 radical (unpaired) electrons. The second-order valence-electron chi connectivity index (χ2n) is 6.73. The fourth-order valence-electron chi connectivity index (χ4n) is 2.98. The molecule has 0 bridgehead atoms. The normalized spacial score (nSPS) is 12.6. The maximum Gasteiger partial charge on any atom is 0.416 e. The molecule has 0 N–H and O–H groups in total. The van der Waals surface area contributed by atoms with E-state index in [1.165, 1.54) is 12.1 Å². The smallest absolute Gasteiger partial charge is 0.416 e. The van der Waals surface area contributed by atoms with Crippen molar-refractivity contribution in [3.8, 4) is 17.0 Å². The van der Waals surface area contributed by atoms with Gasteiger partial charge < -0.3 is 4.74 Å². The first-order valence-electron chi connectivity index (χ1n) is 9.43. The summed E-state index contributed by atoms with van der Waals surface area (Å²) in [5.74, 6) is 0.653. The van der Waals surface area contributed by atoms with Crippen molar-refractivity contribution in [2.45, 2.75) is 38.5 Å². The predicted molar refractivity (Wildman–Crippen MR) is 109 cm³/mol. The SMILES string of the molecule is CCCC[C@@H](Oc1cccc(Cl)c1)c1cccc(-c2ccc(C(F)(F)F)cc2)n1. The predicted octanol–water partition coefficient (Wildman–Crippen LogP) is 7.73. The van der Waals surface area contributed by atoms with Crippen molar-refractivity contribution in [3.63, 3.8) is 0 Å². The Labute approximate surface area is 173 Å². The molecule has 0 unspecified atom stereocenters. The highest BCUT2D eigenvalue weighted by molar-refractivity contribution is 6.30. The second-order valence-corrected chi connectivity index (χ2v) is 7.17. The van der Waals surface area contributed by atoms with Crippen molar-refractivity contribution in [3.05, 3.63) is 83.0 Å². The zero-order valence-corrected chi connectivity index (χ0v) is 16.7. The molecule has 0 spiro atoms. The first kappa shape index (κ1) is 21.2. The summed E-state index contributed by atoms with van der Waals surface area (Å²) in [6.45, 7) is 2.10. The summed E-state index contributed by atoms with van der Waals surface area (Å²) in [5.41, 5.74) is 1.28. The minimum absolute atomic E-state index is 0.275. The molecule has 29 heavy (non-hydrogen) atoms. The molecule has 1 atom stereocenters. The molecule has 3 rings (SSSR count). The Morgan fingerprint density at radius 2 is 1.72 bits per heavy atom. The van der Waals surface area contributed by atoms with E-state index < -0.39 is 11.7 Å². The number of unbranched alkanes of at least 4 members (excludes halogenated alkanes) is 1. The lowest BCUT2D eigenvalue weighted by Crippen LogP contribution is -2.10. The summed E-state index contributed by atoms with van der Waals surface area (Å²) in [4.78, 5) is 4.67. The van der Waals surface area contributed by atoms with E-state index in [9.17, 15) is 13.2 Å². The fourth-order valence-corrected chi connectivity index (χ4v) is 3.16. The Morgan fingerprint density at radius 1 is 1.00 bits per heavy atom. The number of ether oxygens (including phenoxy) is 1. The minimum atomic E-state index is -4.36. The Kier molecular flexibility index (Phi) is 6.80. The molecule has 3 aromatic rings. The number of hydrogen-bond acceptors (Lipinski definition) is 2. The lowest BCUT2D eigenvalue weighted by atomic mass is 10.1. The number of nitrogens with zero attached hydrogens (tertiary/aromatic N) is 1. The highest BCUT2D eigenvalue weighted by atomic mass is 35.5. The lowest BCUT2D eigenvalue weighted by Gasteiger charge is -2.19. The van der Waals surface area contributed by atoms with Crippen LogP contribution < -0.4 is 4.74 Å². The summed E-state index contributed by atoms with van der Waals surface area (Å²) in [7, 11) is 0. The van der Waals surface area contributed by atoms with Gasteiger partial charge in [0.25, 0.3) is 0 Å². The number of halogens is 4. The van der Waals surface area contributed by atoms with Gasteiger partial charge in [0.2, 0.25) is 0 Å². The largest absolute Gasteiger partial charge is 0.484 e. The van der Waals surface area contributed by atoms with E-state index in [4.69, 9.17) is 16.3 Å². The van der Waals surface area contributed by atoms with Crippen molar-refractivity contribution < 1.29 is 17.9 Å².